The van der Waals surface area contributed by atoms with Gasteiger partial charge in [-0.1, -0.05) is 42.5 Å². The smallest absolute Gasteiger partial charge is 0.212 e. The first-order valence-electron chi connectivity index (χ1n) is 5.23. The van der Waals surface area contributed by atoms with Crippen LogP contribution in [-0.4, -0.2) is 24.0 Å². The molecule has 0 radical (unpaired) electrons. The lowest BCUT2D eigenvalue weighted by Crippen LogP contribution is -2.14. The van der Waals surface area contributed by atoms with Crippen LogP contribution in [0, 0.1) is 0 Å². The number of carbonyl (C=O) groups excluding carboxylic acids is 1. The number of ketones is 1. The van der Waals surface area contributed by atoms with Gasteiger partial charge >= 0.3 is 0 Å². The average Bonchev–Trinajstić information content (AvgIpc) is 2.27. The molecule has 2 heteroatoms. The molecule has 0 saturated heterocycles. The fourth-order valence-corrected chi connectivity index (χ4v) is 2.49. The van der Waals surface area contributed by atoms with Gasteiger partial charge < -0.3 is 0 Å². The van der Waals surface area contributed by atoms with Gasteiger partial charge in [-0.3, -0.25) is 4.79 Å². The Bertz CT molecular complexity index is 512. The third kappa shape index (κ3) is 2.27. The van der Waals surface area contributed by atoms with Crippen molar-refractivity contribution in [1.82, 2.24) is 0 Å². The van der Waals surface area contributed by atoms with Crippen LogP contribution < -0.4 is 0 Å². The minimum Gasteiger partial charge on any atom is -0.289 e. The average molecular weight is 231 g/mol. The van der Waals surface area contributed by atoms with Gasteiger partial charge in [-0.25, -0.2) is 0 Å². The van der Waals surface area contributed by atoms with E-state index in [0.717, 1.165) is 16.3 Å². The van der Waals surface area contributed by atoms with Crippen LogP contribution in [0.4, 0.5) is 0 Å². The van der Waals surface area contributed by atoms with E-state index in [0.29, 0.717) is 5.75 Å². The minimum atomic E-state index is 0.161. The van der Waals surface area contributed by atoms with Crippen LogP contribution in [0.5, 0.6) is 0 Å². The highest BCUT2D eigenvalue weighted by molar-refractivity contribution is 7.96. The molecule has 0 fully saturated rings. The second kappa shape index (κ2) is 4.71. The molecule has 1 nitrogen and oxygen atoms in total. The lowest BCUT2D eigenvalue weighted by Gasteiger charge is -2.04. The van der Waals surface area contributed by atoms with E-state index in [4.69, 9.17) is 0 Å². The normalized spacial score (nSPS) is 10.9. The van der Waals surface area contributed by atoms with Crippen LogP contribution >= 0.6 is 0 Å². The topological polar surface area (TPSA) is 17.1 Å². The molecule has 0 N–H and O–H groups in total. The van der Waals surface area contributed by atoms with E-state index in [1.54, 1.807) is 0 Å². The molecule has 0 atom stereocenters. The predicted molar refractivity (Wildman–Crippen MR) is 72.4 cm³/mol. The number of hydrogen-bond donors (Lipinski definition) is 0. The summed E-state index contributed by atoms with van der Waals surface area (Å²) in [6, 6.07) is 14.0. The summed E-state index contributed by atoms with van der Waals surface area (Å²) in [5, 5.41) is 2.21. The first-order valence-corrected chi connectivity index (χ1v) is 7.44. The fraction of sp³-hybridized carbons (Fsp3) is 0.214. The molecule has 0 amide bonds. The van der Waals surface area contributed by atoms with E-state index < -0.39 is 0 Å². The lowest BCUT2D eigenvalue weighted by molar-refractivity contribution is 0.102. The molecule has 2 rings (SSSR count). The molecule has 0 bridgehead atoms. The highest BCUT2D eigenvalue weighted by Gasteiger charge is 2.15. The summed E-state index contributed by atoms with van der Waals surface area (Å²) < 4.78 is 0. The fourth-order valence-electron chi connectivity index (χ4n) is 1.81. The summed E-state index contributed by atoms with van der Waals surface area (Å²) in [4.78, 5) is 12.1. The van der Waals surface area contributed by atoms with Gasteiger partial charge in [0, 0.05) is 5.56 Å². The third-order valence-electron chi connectivity index (χ3n) is 2.51. The van der Waals surface area contributed by atoms with Crippen molar-refractivity contribution < 1.29 is 4.79 Å². The highest BCUT2D eigenvalue weighted by Crippen LogP contribution is 2.19. The van der Waals surface area contributed by atoms with Crippen LogP contribution in [0.2, 0.25) is 0 Å². The van der Waals surface area contributed by atoms with Crippen molar-refractivity contribution in [2.75, 3.05) is 18.3 Å². The van der Waals surface area contributed by atoms with Gasteiger partial charge in [0.1, 0.15) is 0 Å². The third-order valence-corrected chi connectivity index (χ3v) is 3.35. The van der Waals surface area contributed by atoms with Crippen LogP contribution in [0.3, 0.4) is 0 Å². The van der Waals surface area contributed by atoms with Crippen molar-refractivity contribution in [3.8, 4) is 0 Å². The van der Waals surface area contributed by atoms with Crippen molar-refractivity contribution >= 4 is 27.5 Å². The van der Waals surface area contributed by atoms with Crippen LogP contribution in [0.1, 0.15) is 10.4 Å². The summed E-state index contributed by atoms with van der Waals surface area (Å²) in [6.45, 7) is 0. The van der Waals surface area contributed by atoms with Gasteiger partial charge in [-0.05, 0) is 21.7 Å². The van der Waals surface area contributed by atoms with E-state index in [-0.39, 0.29) is 16.7 Å². The number of benzene rings is 2. The Balaban J connectivity index is 2.48. The molecule has 0 unspecified atom stereocenters. The molecule has 0 spiro atoms. The van der Waals surface area contributed by atoms with E-state index >= 15 is 0 Å². The second-order valence-corrected chi connectivity index (χ2v) is 6.34. The Morgan fingerprint density at radius 1 is 1.06 bits per heavy atom. The number of rotatable bonds is 3. The van der Waals surface area contributed by atoms with Gasteiger partial charge in [0.25, 0.3) is 0 Å². The maximum absolute atomic E-state index is 12.1. The van der Waals surface area contributed by atoms with Crippen molar-refractivity contribution in [2.24, 2.45) is 0 Å². The predicted octanol–water partition coefficient (Wildman–Crippen LogP) is 2.90. The summed E-state index contributed by atoms with van der Waals surface area (Å²) in [6.07, 6.45) is 4.20. The highest BCUT2D eigenvalue weighted by atomic mass is 32.2. The van der Waals surface area contributed by atoms with Gasteiger partial charge in [0.15, 0.2) is 5.75 Å². The first-order chi connectivity index (χ1) is 7.68. The Kier molecular flexibility index (Phi) is 3.30. The molecule has 16 heavy (non-hydrogen) atoms. The molecular weight excluding hydrogens is 216 g/mol. The van der Waals surface area contributed by atoms with Crippen molar-refractivity contribution in [1.29, 1.82) is 0 Å². The van der Waals surface area contributed by atoms with Gasteiger partial charge in [0.2, 0.25) is 5.78 Å². The molecule has 0 saturated carbocycles. The molecule has 2 aromatic rings. The number of hydrogen-bond acceptors (Lipinski definition) is 1. The zero-order valence-corrected chi connectivity index (χ0v) is 10.4. The Hall–Kier alpha value is -1.28. The second-order valence-electron chi connectivity index (χ2n) is 4.08. The molecule has 0 aliphatic carbocycles. The standard InChI is InChI=1S/C14H15OS/c1-16(2)10-14(15)13-9-5-7-11-6-3-4-8-12(11)13/h3-9H,10H2,1-2H3/q+1. The number of Topliss-reactive ketones (excluding diaryl/α,β-unsaturated/α-hetero) is 1. The minimum absolute atomic E-state index is 0.161. The van der Waals surface area contributed by atoms with Crippen LogP contribution in [-0.2, 0) is 10.9 Å². The molecule has 0 heterocycles. The number of carbonyl (C=O) groups is 1. The SMILES string of the molecule is C[S+](C)CC(=O)c1cccc2ccccc12. The Morgan fingerprint density at radius 2 is 1.75 bits per heavy atom. The maximum atomic E-state index is 12.1. The monoisotopic (exact) mass is 231 g/mol. The molecule has 0 aliphatic heterocycles. The molecular formula is C14H15OS+. The van der Waals surface area contributed by atoms with Crippen LogP contribution in [0.15, 0.2) is 42.5 Å². The van der Waals surface area contributed by atoms with Gasteiger partial charge in [-0.15, -0.1) is 0 Å². The van der Waals surface area contributed by atoms with Crippen molar-refractivity contribution in [3.05, 3.63) is 48.0 Å². The lowest BCUT2D eigenvalue weighted by atomic mass is 10.0. The van der Waals surface area contributed by atoms with Gasteiger partial charge in [-0.2, -0.15) is 0 Å². The van der Waals surface area contributed by atoms with Crippen molar-refractivity contribution in [2.45, 2.75) is 0 Å². The summed E-state index contributed by atoms with van der Waals surface area (Å²) >= 11 is 0. The zero-order valence-electron chi connectivity index (χ0n) is 9.57. The molecule has 0 aliphatic rings. The Morgan fingerprint density at radius 3 is 2.50 bits per heavy atom. The van der Waals surface area contributed by atoms with E-state index in [2.05, 4.69) is 12.5 Å². The molecule has 2 aromatic carbocycles. The van der Waals surface area contributed by atoms with Crippen molar-refractivity contribution in [3.63, 3.8) is 0 Å². The Labute approximate surface area is 98.8 Å². The zero-order chi connectivity index (χ0) is 11.5. The number of fused-ring (bicyclic) bond motifs is 1. The molecule has 82 valence electrons. The summed E-state index contributed by atoms with van der Waals surface area (Å²) in [5.41, 5.74) is 0.860. The van der Waals surface area contributed by atoms with E-state index in [1.807, 2.05) is 42.5 Å². The van der Waals surface area contributed by atoms with Gasteiger partial charge in [0.05, 0.1) is 12.5 Å². The quantitative estimate of drug-likeness (QED) is 0.586. The van der Waals surface area contributed by atoms with Crippen LogP contribution in [0.25, 0.3) is 10.8 Å². The van der Waals surface area contributed by atoms with E-state index in [1.165, 1.54) is 0 Å². The largest absolute Gasteiger partial charge is 0.289 e. The summed E-state index contributed by atoms with van der Waals surface area (Å²) in [5.74, 6) is 0.902. The summed E-state index contributed by atoms with van der Waals surface area (Å²) in [7, 11) is 0.161. The van der Waals surface area contributed by atoms with E-state index in [9.17, 15) is 4.79 Å². The maximum Gasteiger partial charge on any atom is 0.212 e. The first kappa shape index (κ1) is 11.2. The molecule has 0 aromatic heterocycles.